The van der Waals surface area contributed by atoms with Gasteiger partial charge in [-0.1, -0.05) is 36.4 Å². The van der Waals surface area contributed by atoms with Gasteiger partial charge in [0.15, 0.2) is 0 Å². The molecule has 10 nitrogen and oxygen atoms in total. The minimum absolute atomic E-state index is 0.126. The lowest BCUT2D eigenvalue weighted by atomic mass is 9.81. The number of hydrogen-bond acceptors (Lipinski definition) is 7. The van der Waals surface area contributed by atoms with Gasteiger partial charge in [0.1, 0.15) is 17.5 Å². The van der Waals surface area contributed by atoms with Crippen LogP contribution in [0.4, 0.5) is 16.3 Å². The maximum absolute atomic E-state index is 13.8. The third kappa shape index (κ3) is 10.7. The van der Waals surface area contributed by atoms with Crippen molar-refractivity contribution in [1.82, 2.24) is 15.6 Å². The first-order chi connectivity index (χ1) is 22.8. The van der Waals surface area contributed by atoms with Gasteiger partial charge in [0, 0.05) is 63.2 Å². The lowest BCUT2D eigenvalue weighted by Gasteiger charge is -2.29. The molecule has 1 aromatic heterocycles. The Labute approximate surface area is 284 Å². The highest BCUT2D eigenvalue weighted by Crippen LogP contribution is 2.29. The van der Waals surface area contributed by atoms with Gasteiger partial charge in [0.2, 0.25) is 11.8 Å². The summed E-state index contributed by atoms with van der Waals surface area (Å²) in [4.78, 5) is 50.2. The molecule has 10 heteroatoms. The minimum Gasteiger partial charge on any atom is -0.444 e. The van der Waals surface area contributed by atoms with Crippen molar-refractivity contribution in [3.63, 3.8) is 0 Å². The number of alkyl carbamates (subject to hydrolysis) is 1. The van der Waals surface area contributed by atoms with Crippen LogP contribution in [-0.2, 0) is 20.7 Å². The smallest absolute Gasteiger partial charge is 0.407 e. The average molecular weight is 655 g/mol. The third-order valence-electron chi connectivity index (χ3n) is 8.60. The molecule has 0 spiro atoms. The second-order valence-corrected chi connectivity index (χ2v) is 13.7. The van der Waals surface area contributed by atoms with Crippen molar-refractivity contribution in [3.8, 4) is 11.1 Å². The number of nitrogens with one attached hydrogen (secondary N) is 3. The van der Waals surface area contributed by atoms with Crippen molar-refractivity contribution >= 4 is 35.1 Å². The number of aromatic nitrogens is 1. The quantitative estimate of drug-likeness (QED) is 0.210. The molecule has 0 bridgehead atoms. The molecule has 3 N–H and O–H groups in total. The zero-order valence-corrected chi connectivity index (χ0v) is 29.3. The van der Waals surface area contributed by atoms with Crippen LogP contribution in [0.1, 0.15) is 64.5 Å². The molecular formula is C38H50N6O4. The Balaban J connectivity index is 1.45. The number of carbonyl (C=O) groups excluding carboxylic acids is 3. The Morgan fingerprint density at radius 3 is 2.29 bits per heavy atom. The highest BCUT2D eigenvalue weighted by atomic mass is 16.6. The topological polar surface area (TPSA) is 125 Å². The van der Waals surface area contributed by atoms with E-state index < -0.39 is 17.7 Å². The van der Waals surface area contributed by atoms with Crippen molar-refractivity contribution < 1.29 is 19.1 Å². The van der Waals surface area contributed by atoms with Crippen LogP contribution in [0.3, 0.4) is 0 Å². The van der Waals surface area contributed by atoms with Crippen molar-refractivity contribution in [1.29, 1.82) is 0 Å². The van der Waals surface area contributed by atoms with Gasteiger partial charge < -0.3 is 25.6 Å². The second kappa shape index (κ2) is 16.4. The molecule has 3 amide bonds. The van der Waals surface area contributed by atoms with E-state index in [2.05, 4.69) is 25.9 Å². The molecule has 1 heterocycles. The molecule has 2 aromatic carbocycles. The number of hydrogen-bond donors (Lipinski definition) is 3. The molecule has 1 saturated carbocycles. The summed E-state index contributed by atoms with van der Waals surface area (Å²) in [6.07, 6.45) is 4.72. The monoisotopic (exact) mass is 654 g/mol. The summed E-state index contributed by atoms with van der Waals surface area (Å²) in [7, 11) is 5.65. The maximum atomic E-state index is 13.8. The van der Waals surface area contributed by atoms with E-state index in [1.807, 2.05) is 114 Å². The Bertz CT molecular complexity index is 1570. The first-order valence-electron chi connectivity index (χ1n) is 16.7. The summed E-state index contributed by atoms with van der Waals surface area (Å²) in [6.45, 7) is 7.95. The van der Waals surface area contributed by atoms with Gasteiger partial charge in [-0.15, -0.1) is 0 Å². The zero-order chi connectivity index (χ0) is 34.8. The van der Waals surface area contributed by atoms with E-state index in [1.54, 1.807) is 7.05 Å². The van der Waals surface area contributed by atoms with E-state index in [9.17, 15) is 14.4 Å². The normalized spacial score (nSPS) is 17.2. The van der Waals surface area contributed by atoms with E-state index in [0.717, 1.165) is 46.6 Å². The molecule has 1 aliphatic rings. The average Bonchev–Trinajstić information content (AvgIpc) is 3.06. The van der Waals surface area contributed by atoms with E-state index in [1.165, 1.54) is 0 Å². The first kappa shape index (κ1) is 36.1. The third-order valence-corrected chi connectivity index (χ3v) is 8.60. The number of amides is 3. The van der Waals surface area contributed by atoms with Crippen LogP contribution < -0.4 is 20.9 Å². The molecule has 0 aliphatic heterocycles. The fraction of sp³-hybridized carbons (Fsp3) is 0.447. The molecule has 0 saturated heterocycles. The van der Waals surface area contributed by atoms with Gasteiger partial charge in [-0.2, -0.15) is 0 Å². The summed E-state index contributed by atoms with van der Waals surface area (Å²) < 4.78 is 5.35. The van der Waals surface area contributed by atoms with Crippen LogP contribution in [0.5, 0.6) is 0 Å². The summed E-state index contributed by atoms with van der Waals surface area (Å²) in [5, 5.41) is 8.95. The van der Waals surface area contributed by atoms with Gasteiger partial charge >= 0.3 is 6.09 Å². The van der Waals surface area contributed by atoms with Gasteiger partial charge in [-0.05, 0) is 100 Å². The number of rotatable bonds is 11. The van der Waals surface area contributed by atoms with Crippen molar-refractivity contribution in [2.75, 3.05) is 37.9 Å². The van der Waals surface area contributed by atoms with Crippen LogP contribution >= 0.6 is 0 Å². The summed E-state index contributed by atoms with van der Waals surface area (Å²) >= 11 is 0. The number of aliphatic imine (C=N–C) groups is 1. The lowest BCUT2D eigenvalue weighted by Crippen LogP contribution is -2.48. The minimum atomic E-state index is -0.785. The Morgan fingerprint density at radius 1 is 0.979 bits per heavy atom. The molecule has 0 radical (unpaired) electrons. The Kier molecular flexibility index (Phi) is 12.3. The maximum Gasteiger partial charge on any atom is 0.407 e. The molecule has 1 fully saturated rings. The summed E-state index contributed by atoms with van der Waals surface area (Å²) in [6, 6.07) is 18.7. The number of benzene rings is 2. The summed E-state index contributed by atoms with van der Waals surface area (Å²) in [5.74, 6) is 0.524. The molecule has 4 rings (SSSR count). The lowest BCUT2D eigenvalue weighted by molar-refractivity contribution is -0.130. The van der Waals surface area contributed by atoms with Crippen LogP contribution in [-0.4, -0.2) is 67.9 Å². The number of ether oxygens (including phenoxy) is 1. The summed E-state index contributed by atoms with van der Waals surface area (Å²) in [5.41, 5.74) is 4.85. The zero-order valence-electron chi connectivity index (χ0n) is 29.3. The standard InChI is InChI=1S/C38H50N6O4/c1-25(39-5)28-15-18-32(19-16-28)42-36(46)33(22-27-9-8-10-30(21-27)31-17-20-34(40-24-31)44(6)7)43-35(45)29-13-11-26(12-14-29)23-41-37(47)48-38(2,3)4/h8-10,15-21,24,26,29,33H,11-14,22-23H2,1-7H3,(H,41,47)(H,42,46)(H,43,45)/t26?,29?,33-/m0/s1. The first-order valence-corrected chi connectivity index (χ1v) is 16.7. The Morgan fingerprint density at radius 2 is 1.69 bits per heavy atom. The fourth-order valence-electron chi connectivity index (χ4n) is 5.76. The predicted octanol–water partition coefficient (Wildman–Crippen LogP) is 6.25. The van der Waals surface area contributed by atoms with E-state index >= 15 is 0 Å². The highest BCUT2D eigenvalue weighted by molar-refractivity contribution is 6.00. The highest BCUT2D eigenvalue weighted by Gasteiger charge is 2.30. The largest absolute Gasteiger partial charge is 0.444 e. The SMILES string of the molecule is CN=C(C)c1ccc(NC(=O)[C@H](Cc2cccc(-c3ccc(N(C)C)nc3)c2)NC(=O)C2CCC(CNC(=O)OC(C)(C)C)CC2)cc1. The van der Waals surface area contributed by atoms with Gasteiger partial charge in [0.25, 0.3) is 0 Å². The Hall–Kier alpha value is -4.73. The van der Waals surface area contributed by atoms with Gasteiger partial charge in [-0.3, -0.25) is 14.6 Å². The van der Waals surface area contributed by atoms with Gasteiger partial charge in [-0.25, -0.2) is 9.78 Å². The number of anilines is 2. The molecule has 1 atom stereocenters. The number of nitrogens with zero attached hydrogens (tertiary/aromatic N) is 3. The van der Waals surface area contributed by atoms with Crippen LogP contribution in [0, 0.1) is 11.8 Å². The van der Waals surface area contributed by atoms with Crippen molar-refractivity contribution in [2.24, 2.45) is 16.8 Å². The van der Waals surface area contributed by atoms with E-state index in [-0.39, 0.29) is 23.7 Å². The molecule has 3 aromatic rings. The van der Waals surface area contributed by atoms with E-state index in [4.69, 9.17) is 4.74 Å². The van der Waals surface area contributed by atoms with Crippen LogP contribution in [0.25, 0.3) is 11.1 Å². The predicted molar refractivity (Wildman–Crippen MR) is 193 cm³/mol. The van der Waals surface area contributed by atoms with Crippen LogP contribution in [0.15, 0.2) is 71.9 Å². The fourth-order valence-corrected chi connectivity index (χ4v) is 5.76. The molecular weight excluding hydrogens is 604 g/mol. The van der Waals surface area contributed by atoms with E-state index in [0.29, 0.717) is 31.5 Å². The second-order valence-electron chi connectivity index (χ2n) is 13.7. The van der Waals surface area contributed by atoms with Gasteiger partial charge in [0.05, 0.1) is 0 Å². The molecule has 48 heavy (non-hydrogen) atoms. The molecule has 1 aliphatic carbocycles. The molecule has 256 valence electrons. The van der Waals surface area contributed by atoms with Crippen molar-refractivity contribution in [3.05, 3.63) is 78.0 Å². The number of carbonyl (C=O) groups is 3. The van der Waals surface area contributed by atoms with Crippen molar-refractivity contribution in [2.45, 2.75) is 71.4 Å². The van der Waals surface area contributed by atoms with Crippen LogP contribution in [0.2, 0.25) is 0 Å². The number of pyridine rings is 1. The molecule has 0 unspecified atom stereocenters.